The third-order valence-electron chi connectivity index (χ3n) is 4.82. The molecule has 0 bridgehead atoms. The summed E-state index contributed by atoms with van der Waals surface area (Å²) in [5.41, 5.74) is 1.28. The Kier molecular flexibility index (Phi) is 6.07. The van der Waals surface area contributed by atoms with Gasteiger partial charge < -0.3 is 9.15 Å². The number of fused-ring (bicyclic) bond motifs is 2. The molecule has 160 valence electrons. The van der Waals surface area contributed by atoms with E-state index >= 15 is 0 Å². The molecular formula is C23H21ClN2O4S. The van der Waals surface area contributed by atoms with Crippen molar-refractivity contribution in [3.8, 4) is 5.75 Å². The Bertz CT molecular complexity index is 1390. The summed E-state index contributed by atoms with van der Waals surface area (Å²) >= 11 is 7.52. The maximum Gasteiger partial charge on any atom is 0.336 e. The van der Waals surface area contributed by atoms with Gasteiger partial charge in [0.05, 0.1) is 18.0 Å². The Morgan fingerprint density at radius 3 is 2.65 bits per heavy atom. The first-order valence-corrected chi connectivity index (χ1v) is 11.2. The van der Waals surface area contributed by atoms with Crippen LogP contribution in [0.25, 0.3) is 21.9 Å². The number of rotatable bonds is 6. The first kappa shape index (κ1) is 21.5. The molecule has 0 atom stereocenters. The Morgan fingerprint density at radius 2 is 1.90 bits per heavy atom. The number of ether oxygens (including phenoxy) is 1. The highest BCUT2D eigenvalue weighted by Crippen LogP contribution is 2.28. The van der Waals surface area contributed by atoms with Gasteiger partial charge in [0, 0.05) is 34.8 Å². The van der Waals surface area contributed by atoms with Gasteiger partial charge in [0.15, 0.2) is 5.16 Å². The minimum atomic E-state index is -0.436. The second-order valence-electron chi connectivity index (χ2n) is 7.61. The molecule has 0 radical (unpaired) electrons. The van der Waals surface area contributed by atoms with E-state index in [9.17, 15) is 9.59 Å². The molecule has 0 aliphatic rings. The Hall–Kier alpha value is -2.77. The topological polar surface area (TPSA) is 74.3 Å². The summed E-state index contributed by atoms with van der Waals surface area (Å²) in [6.07, 6.45) is 0. The molecule has 4 rings (SSSR count). The lowest BCUT2D eigenvalue weighted by Gasteiger charge is -2.15. The highest BCUT2D eigenvalue weighted by atomic mass is 35.5. The molecule has 6 nitrogen and oxygen atoms in total. The maximum absolute atomic E-state index is 13.1. The fourth-order valence-electron chi connectivity index (χ4n) is 3.41. The molecule has 8 heteroatoms. The smallest absolute Gasteiger partial charge is 0.336 e. The van der Waals surface area contributed by atoms with Crippen molar-refractivity contribution in [3.05, 3.63) is 73.8 Å². The number of aromatic nitrogens is 2. The lowest BCUT2D eigenvalue weighted by molar-refractivity contribution is 0.414. The summed E-state index contributed by atoms with van der Waals surface area (Å²) < 4.78 is 12.3. The van der Waals surface area contributed by atoms with E-state index in [1.165, 1.54) is 17.8 Å². The zero-order valence-corrected chi connectivity index (χ0v) is 18.9. The Morgan fingerprint density at radius 1 is 1.13 bits per heavy atom. The zero-order valence-electron chi connectivity index (χ0n) is 17.3. The number of halogens is 1. The van der Waals surface area contributed by atoms with Crippen LogP contribution in [-0.2, 0) is 12.3 Å². The average Bonchev–Trinajstić information content (AvgIpc) is 2.73. The summed E-state index contributed by atoms with van der Waals surface area (Å²) in [6, 6.07) is 12.0. The Balaban J connectivity index is 1.78. The van der Waals surface area contributed by atoms with Gasteiger partial charge in [-0.25, -0.2) is 9.78 Å². The lowest BCUT2D eigenvalue weighted by Crippen LogP contribution is -2.25. The van der Waals surface area contributed by atoms with Crippen LogP contribution in [0.15, 0.2) is 61.6 Å². The van der Waals surface area contributed by atoms with Gasteiger partial charge in [0.2, 0.25) is 0 Å². The zero-order chi connectivity index (χ0) is 22.1. The van der Waals surface area contributed by atoms with Gasteiger partial charge in [0.1, 0.15) is 11.3 Å². The molecular weight excluding hydrogens is 436 g/mol. The van der Waals surface area contributed by atoms with Crippen LogP contribution in [0.4, 0.5) is 0 Å². The predicted molar refractivity (Wildman–Crippen MR) is 124 cm³/mol. The lowest BCUT2D eigenvalue weighted by atomic mass is 10.1. The third kappa shape index (κ3) is 4.48. The largest absolute Gasteiger partial charge is 0.497 e. The molecule has 2 aromatic heterocycles. The normalized spacial score (nSPS) is 11.5. The molecule has 0 aliphatic heterocycles. The number of nitrogens with zero attached hydrogens (tertiary/aromatic N) is 2. The summed E-state index contributed by atoms with van der Waals surface area (Å²) in [4.78, 5) is 29.9. The number of thioether (sulfide) groups is 1. The first-order valence-electron chi connectivity index (χ1n) is 9.79. The molecule has 4 aromatic rings. The van der Waals surface area contributed by atoms with Gasteiger partial charge in [-0.05, 0) is 41.8 Å². The van der Waals surface area contributed by atoms with E-state index in [1.54, 1.807) is 35.9 Å². The molecule has 0 unspecified atom stereocenters. The fraction of sp³-hybridized carbons (Fsp3) is 0.261. The van der Waals surface area contributed by atoms with Crippen LogP contribution in [0.5, 0.6) is 5.75 Å². The quantitative estimate of drug-likeness (QED) is 0.228. The molecule has 31 heavy (non-hydrogen) atoms. The van der Waals surface area contributed by atoms with E-state index < -0.39 is 5.63 Å². The van der Waals surface area contributed by atoms with Gasteiger partial charge in [-0.15, -0.1) is 0 Å². The number of hydrogen-bond acceptors (Lipinski definition) is 6. The standard InChI is InChI=1S/C23H21ClN2O4S/c1-13(2)11-26-22(28)18-6-4-15(24)9-19(18)25-23(26)31-12-14-8-21(27)30-20-10-16(29-3)5-7-17(14)20/h4-10,13H,11-12H2,1-3H3. The molecule has 2 aromatic carbocycles. The van der Waals surface area contributed by atoms with E-state index in [0.717, 1.165) is 10.9 Å². The number of benzene rings is 2. The van der Waals surface area contributed by atoms with Crippen molar-refractivity contribution >= 4 is 45.2 Å². The van der Waals surface area contributed by atoms with Crippen molar-refractivity contribution in [1.82, 2.24) is 9.55 Å². The van der Waals surface area contributed by atoms with E-state index in [4.69, 9.17) is 25.7 Å². The maximum atomic E-state index is 13.1. The average molecular weight is 457 g/mol. The minimum absolute atomic E-state index is 0.0972. The summed E-state index contributed by atoms with van der Waals surface area (Å²) in [5, 5.41) is 2.46. The highest BCUT2D eigenvalue weighted by Gasteiger charge is 2.15. The van der Waals surface area contributed by atoms with Gasteiger partial charge in [-0.3, -0.25) is 9.36 Å². The summed E-state index contributed by atoms with van der Waals surface area (Å²) in [5.74, 6) is 1.32. The second kappa shape index (κ2) is 8.77. The van der Waals surface area contributed by atoms with Crippen LogP contribution in [0, 0.1) is 5.92 Å². The van der Waals surface area contributed by atoms with Crippen LogP contribution in [0.2, 0.25) is 5.02 Å². The molecule has 0 aliphatic carbocycles. The van der Waals surface area contributed by atoms with Crippen LogP contribution in [0.1, 0.15) is 19.4 Å². The van der Waals surface area contributed by atoms with E-state index in [1.807, 2.05) is 12.1 Å². The van der Waals surface area contributed by atoms with Crippen LogP contribution >= 0.6 is 23.4 Å². The molecule has 0 spiro atoms. The third-order valence-corrected chi connectivity index (χ3v) is 6.08. The Labute approximate surface area is 187 Å². The number of hydrogen-bond donors (Lipinski definition) is 0. The van der Waals surface area contributed by atoms with Crippen molar-refractivity contribution < 1.29 is 9.15 Å². The first-order chi connectivity index (χ1) is 14.9. The molecule has 0 amide bonds. The fourth-order valence-corrected chi connectivity index (χ4v) is 4.58. The SMILES string of the molecule is COc1ccc2c(CSc3nc4cc(Cl)ccc4c(=O)n3CC(C)C)cc(=O)oc2c1. The highest BCUT2D eigenvalue weighted by molar-refractivity contribution is 7.98. The van der Waals surface area contributed by atoms with Gasteiger partial charge in [-0.1, -0.05) is 37.2 Å². The number of methoxy groups -OCH3 is 1. The molecule has 2 heterocycles. The monoisotopic (exact) mass is 456 g/mol. The second-order valence-corrected chi connectivity index (χ2v) is 8.99. The van der Waals surface area contributed by atoms with Crippen LogP contribution in [0.3, 0.4) is 0 Å². The summed E-state index contributed by atoms with van der Waals surface area (Å²) in [6.45, 7) is 4.65. The van der Waals surface area contributed by atoms with Crippen molar-refractivity contribution in [2.75, 3.05) is 7.11 Å². The molecule has 0 saturated carbocycles. The van der Waals surface area contributed by atoms with Gasteiger partial charge >= 0.3 is 5.63 Å². The van der Waals surface area contributed by atoms with Crippen LogP contribution < -0.4 is 15.9 Å². The van der Waals surface area contributed by atoms with Crippen molar-refractivity contribution in [3.63, 3.8) is 0 Å². The van der Waals surface area contributed by atoms with E-state index in [-0.39, 0.29) is 11.5 Å². The molecule has 0 N–H and O–H groups in total. The van der Waals surface area contributed by atoms with Crippen molar-refractivity contribution in [2.24, 2.45) is 5.92 Å². The van der Waals surface area contributed by atoms with E-state index in [2.05, 4.69) is 13.8 Å². The molecule has 0 fully saturated rings. The predicted octanol–water partition coefficient (Wildman–Crippen LogP) is 5.11. The van der Waals surface area contributed by atoms with Crippen LogP contribution in [-0.4, -0.2) is 16.7 Å². The van der Waals surface area contributed by atoms with Crippen molar-refractivity contribution in [1.29, 1.82) is 0 Å². The van der Waals surface area contributed by atoms with Crippen molar-refractivity contribution in [2.45, 2.75) is 31.3 Å². The molecule has 0 saturated heterocycles. The van der Waals surface area contributed by atoms with Gasteiger partial charge in [-0.2, -0.15) is 0 Å². The van der Waals surface area contributed by atoms with Gasteiger partial charge in [0.25, 0.3) is 5.56 Å². The van der Waals surface area contributed by atoms with E-state index in [0.29, 0.717) is 44.7 Å². The minimum Gasteiger partial charge on any atom is -0.497 e. The summed E-state index contributed by atoms with van der Waals surface area (Å²) in [7, 11) is 1.56.